The summed E-state index contributed by atoms with van der Waals surface area (Å²) in [5, 5.41) is 14.2. The fourth-order valence-corrected chi connectivity index (χ4v) is 3.18. The summed E-state index contributed by atoms with van der Waals surface area (Å²) < 4.78 is 0. The van der Waals surface area contributed by atoms with Crippen LogP contribution in [-0.4, -0.2) is 11.1 Å². The minimum atomic E-state index is -0.338. The third-order valence-corrected chi connectivity index (χ3v) is 4.65. The van der Waals surface area contributed by atoms with Crippen LogP contribution < -0.4 is 4.90 Å². The second-order valence-corrected chi connectivity index (χ2v) is 6.29. The molecule has 1 saturated carbocycles. The molecule has 1 aliphatic carbocycles. The van der Waals surface area contributed by atoms with E-state index in [0.29, 0.717) is 6.04 Å². The van der Waals surface area contributed by atoms with Crippen LogP contribution >= 0.6 is 11.3 Å². The zero-order valence-electron chi connectivity index (χ0n) is 11.8. The molecule has 0 amide bonds. The number of thiophene rings is 1. The van der Waals surface area contributed by atoms with Gasteiger partial charge in [0, 0.05) is 18.3 Å². The van der Waals surface area contributed by atoms with Gasteiger partial charge < -0.3 is 10.0 Å². The number of aliphatic hydroxyl groups excluding tert-OH is 1. The molecule has 0 bridgehead atoms. The minimum absolute atomic E-state index is 0.338. The first-order chi connectivity index (χ1) is 9.78. The highest BCUT2D eigenvalue weighted by Crippen LogP contribution is 2.34. The summed E-state index contributed by atoms with van der Waals surface area (Å²) in [6.45, 7) is 3.00. The second kappa shape index (κ2) is 5.98. The molecule has 0 aliphatic heterocycles. The highest BCUT2D eigenvalue weighted by molar-refractivity contribution is 7.07. The number of hydrogen-bond acceptors (Lipinski definition) is 3. The Kier molecular flexibility index (Phi) is 4.08. The lowest BCUT2D eigenvalue weighted by Gasteiger charge is -2.25. The lowest BCUT2D eigenvalue weighted by molar-refractivity contribution is 0.173. The third-order valence-electron chi connectivity index (χ3n) is 3.92. The maximum Gasteiger partial charge on any atom is 0.0787 e. The molecule has 1 N–H and O–H groups in total. The Labute approximate surface area is 124 Å². The van der Waals surface area contributed by atoms with Crippen LogP contribution in [0.15, 0.2) is 41.1 Å². The lowest BCUT2D eigenvalue weighted by Crippen LogP contribution is -2.24. The van der Waals surface area contributed by atoms with Crippen LogP contribution in [-0.2, 0) is 6.54 Å². The van der Waals surface area contributed by atoms with Crippen LogP contribution in [0.2, 0.25) is 0 Å². The molecule has 2 nitrogen and oxygen atoms in total. The van der Waals surface area contributed by atoms with Crippen molar-refractivity contribution in [3.63, 3.8) is 0 Å². The van der Waals surface area contributed by atoms with Gasteiger partial charge in [-0.05, 0) is 59.3 Å². The van der Waals surface area contributed by atoms with Crippen molar-refractivity contribution in [3.8, 4) is 0 Å². The fraction of sp³-hybridized carbons (Fsp3) is 0.412. The molecule has 1 atom stereocenters. The molecule has 3 rings (SSSR count). The SMILES string of the molecule is CCC(O)c1ccc(N(Cc2ccsc2)C2CC2)cc1. The van der Waals surface area contributed by atoms with Crippen LogP contribution in [0.25, 0.3) is 0 Å². The molecular weight excluding hydrogens is 266 g/mol. The van der Waals surface area contributed by atoms with Crippen molar-refractivity contribution >= 4 is 17.0 Å². The van der Waals surface area contributed by atoms with Gasteiger partial charge in [-0.15, -0.1) is 0 Å². The smallest absolute Gasteiger partial charge is 0.0787 e. The summed E-state index contributed by atoms with van der Waals surface area (Å²) in [6, 6.07) is 11.3. The standard InChI is InChI=1S/C17H21NOS/c1-2-17(19)14-3-5-15(6-4-14)18(16-7-8-16)11-13-9-10-20-12-13/h3-6,9-10,12,16-17,19H,2,7-8,11H2,1H3. The van der Waals surface area contributed by atoms with Crippen molar-refractivity contribution in [2.75, 3.05) is 4.90 Å². The van der Waals surface area contributed by atoms with Crippen LogP contribution in [0.5, 0.6) is 0 Å². The molecule has 1 aromatic heterocycles. The second-order valence-electron chi connectivity index (χ2n) is 5.51. The molecule has 1 aromatic carbocycles. The predicted molar refractivity (Wildman–Crippen MR) is 85.2 cm³/mol. The molecule has 0 spiro atoms. The van der Waals surface area contributed by atoms with E-state index in [1.54, 1.807) is 11.3 Å². The van der Waals surface area contributed by atoms with Crippen molar-refractivity contribution in [1.82, 2.24) is 0 Å². The summed E-state index contributed by atoms with van der Waals surface area (Å²) in [7, 11) is 0. The Balaban J connectivity index is 1.77. The van der Waals surface area contributed by atoms with Crippen LogP contribution in [0.3, 0.4) is 0 Å². The van der Waals surface area contributed by atoms with Gasteiger partial charge in [0.05, 0.1) is 6.10 Å². The summed E-state index contributed by atoms with van der Waals surface area (Å²) >= 11 is 1.76. The molecule has 1 heterocycles. The van der Waals surface area contributed by atoms with Gasteiger partial charge in [0.2, 0.25) is 0 Å². The number of benzene rings is 1. The molecule has 20 heavy (non-hydrogen) atoms. The number of hydrogen-bond donors (Lipinski definition) is 1. The minimum Gasteiger partial charge on any atom is -0.388 e. The number of anilines is 1. The van der Waals surface area contributed by atoms with Crippen molar-refractivity contribution in [3.05, 3.63) is 52.2 Å². The average molecular weight is 287 g/mol. The zero-order chi connectivity index (χ0) is 13.9. The Bertz CT molecular complexity index is 531. The monoisotopic (exact) mass is 287 g/mol. The van der Waals surface area contributed by atoms with Gasteiger partial charge in [-0.3, -0.25) is 0 Å². The molecule has 0 saturated heterocycles. The van der Waals surface area contributed by atoms with Crippen molar-refractivity contribution in [2.24, 2.45) is 0 Å². The van der Waals surface area contributed by atoms with Gasteiger partial charge in [0.1, 0.15) is 0 Å². The number of nitrogens with zero attached hydrogens (tertiary/aromatic N) is 1. The van der Waals surface area contributed by atoms with Crippen molar-refractivity contribution in [2.45, 2.75) is 44.9 Å². The van der Waals surface area contributed by atoms with E-state index in [0.717, 1.165) is 18.5 Å². The van der Waals surface area contributed by atoms with E-state index < -0.39 is 0 Å². The first kappa shape index (κ1) is 13.7. The summed E-state index contributed by atoms with van der Waals surface area (Å²) in [4.78, 5) is 2.49. The third kappa shape index (κ3) is 3.05. The summed E-state index contributed by atoms with van der Waals surface area (Å²) in [6.07, 6.45) is 3.02. The molecular formula is C17H21NOS. The highest BCUT2D eigenvalue weighted by Gasteiger charge is 2.29. The predicted octanol–water partition coefficient (Wildman–Crippen LogP) is 4.36. The van der Waals surface area contributed by atoms with Gasteiger partial charge in [0.25, 0.3) is 0 Å². The van der Waals surface area contributed by atoms with Crippen molar-refractivity contribution < 1.29 is 5.11 Å². The van der Waals surface area contributed by atoms with E-state index in [4.69, 9.17) is 0 Å². The normalized spacial score (nSPS) is 16.1. The summed E-state index contributed by atoms with van der Waals surface area (Å²) in [5.41, 5.74) is 3.67. The van der Waals surface area contributed by atoms with E-state index in [9.17, 15) is 5.11 Å². The number of aliphatic hydroxyl groups is 1. The first-order valence-corrected chi connectivity index (χ1v) is 8.28. The van der Waals surface area contributed by atoms with E-state index in [2.05, 4.69) is 46.0 Å². The molecule has 106 valence electrons. The Morgan fingerprint density at radius 1 is 1.25 bits per heavy atom. The van der Waals surface area contributed by atoms with E-state index in [1.807, 2.05) is 6.92 Å². The highest BCUT2D eigenvalue weighted by atomic mass is 32.1. The quantitative estimate of drug-likeness (QED) is 0.853. The van der Waals surface area contributed by atoms with Crippen molar-refractivity contribution in [1.29, 1.82) is 0 Å². The van der Waals surface area contributed by atoms with E-state index >= 15 is 0 Å². The van der Waals surface area contributed by atoms with Gasteiger partial charge >= 0.3 is 0 Å². The fourth-order valence-electron chi connectivity index (χ4n) is 2.52. The molecule has 3 heteroatoms. The van der Waals surface area contributed by atoms with Gasteiger partial charge in [-0.25, -0.2) is 0 Å². The average Bonchev–Trinajstić information content (AvgIpc) is 3.21. The Morgan fingerprint density at radius 3 is 2.55 bits per heavy atom. The molecule has 1 fully saturated rings. The largest absolute Gasteiger partial charge is 0.388 e. The van der Waals surface area contributed by atoms with Gasteiger partial charge in [-0.2, -0.15) is 11.3 Å². The topological polar surface area (TPSA) is 23.5 Å². The molecule has 0 radical (unpaired) electrons. The van der Waals surface area contributed by atoms with Crippen LogP contribution in [0.4, 0.5) is 5.69 Å². The first-order valence-electron chi connectivity index (χ1n) is 7.33. The number of rotatable bonds is 6. The molecule has 2 aromatic rings. The molecule has 1 unspecified atom stereocenters. The zero-order valence-corrected chi connectivity index (χ0v) is 12.6. The van der Waals surface area contributed by atoms with Gasteiger partial charge in [0.15, 0.2) is 0 Å². The van der Waals surface area contributed by atoms with E-state index in [1.165, 1.54) is 24.1 Å². The van der Waals surface area contributed by atoms with Gasteiger partial charge in [-0.1, -0.05) is 19.1 Å². The Morgan fingerprint density at radius 2 is 2.00 bits per heavy atom. The van der Waals surface area contributed by atoms with Crippen LogP contribution in [0, 0.1) is 0 Å². The van der Waals surface area contributed by atoms with E-state index in [-0.39, 0.29) is 6.10 Å². The maximum atomic E-state index is 9.88. The Hall–Kier alpha value is -1.32. The molecule has 1 aliphatic rings. The van der Waals surface area contributed by atoms with Crippen LogP contribution in [0.1, 0.15) is 43.4 Å². The maximum absolute atomic E-state index is 9.88. The lowest BCUT2D eigenvalue weighted by atomic mass is 10.1. The summed E-state index contributed by atoms with van der Waals surface area (Å²) in [5.74, 6) is 0.